The number of benzene rings is 1. The first-order chi connectivity index (χ1) is 12.2. The number of anilines is 1. The molecule has 0 saturated carbocycles. The van der Waals surface area contributed by atoms with Gasteiger partial charge in [0.25, 0.3) is 0 Å². The molecule has 0 amide bonds. The van der Waals surface area contributed by atoms with Crippen LogP contribution in [0.4, 0.5) is 5.82 Å². The largest absolute Gasteiger partial charge is 0.394 e. The van der Waals surface area contributed by atoms with Crippen LogP contribution in [0.3, 0.4) is 0 Å². The number of allylic oxidation sites excluding steroid dienone is 1. The van der Waals surface area contributed by atoms with Crippen LogP contribution in [0.25, 0.3) is 17.8 Å². The molecule has 1 aliphatic heterocycles. The topological polar surface area (TPSA) is 50.5 Å². The van der Waals surface area contributed by atoms with Crippen LogP contribution in [0.15, 0.2) is 36.9 Å². The third-order valence-corrected chi connectivity index (χ3v) is 4.49. The van der Waals surface area contributed by atoms with Gasteiger partial charge in [-0.1, -0.05) is 36.4 Å². The van der Waals surface area contributed by atoms with E-state index in [0.29, 0.717) is 19.8 Å². The van der Waals surface area contributed by atoms with Crippen molar-refractivity contribution in [3.63, 3.8) is 0 Å². The minimum Gasteiger partial charge on any atom is -0.394 e. The van der Waals surface area contributed by atoms with Crippen LogP contribution in [0.5, 0.6) is 0 Å². The van der Waals surface area contributed by atoms with Gasteiger partial charge in [0.2, 0.25) is 0 Å². The first-order valence-electron chi connectivity index (χ1n) is 8.60. The third kappa shape index (κ3) is 3.38. The maximum Gasteiger partial charge on any atom is 0.159 e. The number of aromatic nitrogens is 2. The van der Waals surface area contributed by atoms with Crippen molar-refractivity contribution in [2.75, 3.05) is 31.3 Å². The van der Waals surface area contributed by atoms with E-state index in [2.05, 4.69) is 48.7 Å². The van der Waals surface area contributed by atoms with E-state index in [-0.39, 0.29) is 12.6 Å². The van der Waals surface area contributed by atoms with Crippen molar-refractivity contribution in [2.45, 2.75) is 19.9 Å². The van der Waals surface area contributed by atoms with Gasteiger partial charge in [0.1, 0.15) is 0 Å². The molecule has 0 bridgehead atoms. The normalized spacial score (nSPS) is 19.5. The van der Waals surface area contributed by atoms with E-state index >= 15 is 0 Å². The molecule has 1 N–H and O–H groups in total. The molecule has 1 fully saturated rings. The number of hydrogen-bond donors (Lipinski definition) is 1. The average Bonchev–Trinajstić information content (AvgIpc) is 3.01. The van der Waals surface area contributed by atoms with Crippen molar-refractivity contribution < 1.29 is 9.84 Å². The highest BCUT2D eigenvalue weighted by Gasteiger charge is 2.26. The molecule has 1 saturated heterocycles. The van der Waals surface area contributed by atoms with Crippen LogP contribution >= 0.6 is 0 Å². The van der Waals surface area contributed by atoms with E-state index in [1.54, 1.807) is 6.08 Å². The molecule has 5 heteroatoms. The number of ether oxygens (including phenoxy) is 1. The Morgan fingerprint density at radius 3 is 2.76 bits per heavy atom. The van der Waals surface area contributed by atoms with Gasteiger partial charge in [0.15, 0.2) is 5.82 Å². The van der Waals surface area contributed by atoms with Gasteiger partial charge in [-0.2, -0.15) is 0 Å². The molecule has 132 valence electrons. The summed E-state index contributed by atoms with van der Waals surface area (Å²) in [6.07, 6.45) is 5.81. The van der Waals surface area contributed by atoms with Gasteiger partial charge in [0.05, 0.1) is 36.9 Å². The highest BCUT2D eigenvalue weighted by atomic mass is 16.5. The fourth-order valence-corrected chi connectivity index (χ4v) is 3.17. The molecule has 1 atom stereocenters. The highest BCUT2D eigenvalue weighted by molar-refractivity contribution is 5.53. The lowest BCUT2D eigenvalue weighted by atomic mass is 10.2. The average molecular weight is 339 g/mol. The Balaban J connectivity index is 2.20. The summed E-state index contributed by atoms with van der Waals surface area (Å²) in [5.41, 5.74) is 2.22. The molecule has 3 rings (SSSR count). The number of aryl methyl sites for hydroxylation is 1. The second-order valence-electron chi connectivity index (χ2n) is 6.17. The molecule has 1 aromatic heterocycles. The molecule has 1 aliphatic rings. The van der Waals surface area contributed by atoms with E-state index < -0.39 is 0 Å². The molecule has 0 aliphatic carbocycles. The van der Waals surface area contributed by atoms with Gasteiger partial charge in [-0.05, 0) is 32.1 Å². The number of aliphatic hydroxyl groups is 1. The van der Waals surface area contributed by atoms with Crippen LogP contribution < -0.4 is 15.5 Å². The predicted molar refractivity (Wildman–Crippen MR) is 101 cm³/mol. The van der Waals surface area contributed by atoms with Crippen LogP contribution in [0.2, 0.25) is 0 Å². The maximum atomic E-state index is 9.73. The minimum atomic E-state index is -0.0863. The zero-order valence-corrected chi connectivity index (χ0v) is 14.9. The Hall–Kier alpha value is -2.37. The number of aliphatic hydroxyl groups excluding tert-OH is 1. The van der Waals surface area contributed by atoms with E-state index in [0.717, 1.165) is 22.1 Å². The van der Waals surface area contributed by atoms with Gasteiger partial charge < -0.3 is 14.7 Å². The van der Waals surface area contributed by atoms with Crippen molar-refractivity contribution in [3.8, 4) is 5.69 Å². The number of rotatable bonds is 4. The van der Waals surface area contributed by atoms with E-state index in [1.165, 1.54) is 5.56 Å². The van der Waals surface area contributed by atoms with Crippen LogP contribution in [0, 0.1) is 6.92 Å². The lowest BCUT2D eigenvalue weighted by Crippen LogP contribution is -2.49. The van der Waals surface area contributed by atoms with Gasteiger partial charge in [-0.15, -0.1) is 5.10 Å². The van der Waals surface area contributed by atoms with E-state index in [9.17, 15) is 5.11 Å². The second kappa shape index (κ2) is 7.68. The standard InChI is InChI=1S/C20H25N3O2/c1-4-6-18-19(5-2)23(16-9-7-15(3)8-10-16)21-20(18)22-11-12-25-14-17(22)13-24/h4-10,17,24H,1,11-14H2,2-3H3/b18-6+,19-5+. The summed E-state index contributed by atoms with van der Waals surface area (Å²) in [6.45, 7) is 9.81. The Morgan fingerprint density at radius 1 is 1.36 bits per heavy atom. The van der Waals surface area contributed by atoms with Gasteiger partial charge in [0, 0.05) is 11.8 Å². The summed E-state index contributed by atoms with van der Waals surface area (Å²) in [5, 5.41) is 16.6. The molecule has 2 aromatic rings. The fraction of sp³-hybridized carbons (Fsp3) is 0.350. The Labute approximate surface area is 148 Å². The molecule has 1 aromatic carbocycles. The number of morpholine rings is 1. The minimum absolute atomic E-state index is 0.0378. The SMILES string of the molecule is C=C/C=c1/c(N2CCOCC2CO)nn(-c2ccc(C)cc2)/c1=C/C. The second-order valence-corrected chi connectivity index (χ2v) is 6.17. The van der Waals surface area contributed by atoms with Crippen molar-refractivity contribution in [3.05, 3.63) is 53.1 Å². The van der Waals surface area contributed by atoms with Crippen LogP contribution in [-0.2, 0) is 4.74 Å². The zero-order chi connectivity index (χ0) is 17.8. The first-order valence-corrected chi connectivity index (χ1v) is 8.60. The molecule has 0 spiro atoms. The van der Waals surface area contributed by atoms with Gasteiger partial charge in [-0.3, -0.25) is 0 Å². The smallest absolute Gasteiger partial charge is 0.159 e. The molecule has 25 heavy (non-hydrogen) atoms. The predicted octanol–water partition coefficient (Wildman–Crippen LogP) is 1.15. The molecule has 1 unspecified atom stereocenters. The van der Waals surface area contributed by atoms with Crippen molar-refractivity contribution >= 4 is 18.0 Å². The first kappa shape index (κ1) is 17.5. The molecule has 0 radical (unpaired) electrons. The number of hydrogen-bond acceptors (Lipinski definition) is 4. The summed E-state index contributed by atoms with van der Waals surface area (Å²) in [4.78, 5) is 2.14. The highest BCUT2D eigenvalue weighted by Crippen LogP contribution is 2.14. The molecule has 2 heterocycles. The maximum absolute atomic E-state index is 9.73. The zero-order valence-electron chi connectivity index (χ0n) is 14.9. The van der Waals surface area contributed by atoms with Gasteiger partial charge in [-0.25, -0.2) is 4.68 Å². The van der Waals surface area contributed by atoms with Crippen molar-refractivity contribution in [1.82, 2.24) is 9.78 Å². The summed E-state index contributed by atoms with van der Waals surface area (Å²) in [5.74, 6) is 0.857. The monoisotopic (exact) mass is 339 g/mol. The Kier molecular flexibility index (Phi) is 5.36. The van der Waals surface area contributed by atoms with Gasteiger partial charge >= 0.3 is 0 Å². The summed E-state index contributed by atoms with van der Waals surface area (Å²) >= 11 is 0. The van der Waals surface area contributed by atoms with E-state index in [4.69, 9.17) is 9.84 Å². The quantitative estimate of drug-likeness (QED) is 0.908. The van der Waals surface area contributed by atoms with Crippen molar-refractivity contribution in [2.24, 2.45) is 0 Å². The Bertz CT molecular complexity index is 852. The number of nitrogens with zero attached hydrogens (tertiary/aromatic N) is 3. The molecular formula is C20H25N3O2. The van der Waals surface area contributed by atoms with E-state index in [1.807, 2.05) is 17.7 Å². The summed E-state index contributed by atoms with van der Waals surface area (Å²) < 4.78 is 7.46. The summed E-state index contributed by atoms with van der Waals surface area (Å²) in [6, 6.07) is 8.22. The molecular weight excluding hydrogens is 314 g/mol. The third-order valence-electron chi connectivity index (χ3n) is 4.49. The van der Waals surface area contributed by atoms with Crippen LogP contribution in [-0.4, -0.2) is 47.3 Å². The molecule has 5 nitrogen and oxygen atoms in total. The Morgan fingerprint density at radius 2 is 2.12 bits per heavy atom. The lowest BCUT2D eigenvalue weighted by molar-refractivity contribution is 0.0721. The lowest BCUT2D eigenvalue weighted by Gasteiger charge is -2.34. The summed E-state index contributed by atoms with van der Waals surface area (Å²) in [7, 11) is 0. The fourth-order valence-electron chi connectivity index (χ4n) is 3.17. The van der Waals surface area contributed by atoms with Crippen molar-refractivity contribution in [1.29, 1.82) is 0 Å². The van der Waals surface area contributed by atoms with Crippen LogP contribution in [0.1, 0.15) is 12.5 Å².